The molecule has 108 valence electrons. The summed E-state index contributed by atoms with van der Waals surface area (Å²) in [5.74, 6) is 1.52. The maximum atomic E-state index is 11.8. The molecule has 0 saturated heterocycles. The first-order valence-corrected chi connectivity index (χ1v) is 6.95. The van der Waals surface area contributed by atoms with Crippen molar-refractivity contribution in [3.63, 3.8) is 0 Å². The van der Waals surface area contributed by atoms with Gasteiger partial charge in [0.05, 0.1) is 0 Å². The lowest BCUT2D eigenvalue weighted by atomic mass is 10.1. The highest BCUT2D eigenvalue weighted by molar-refractivity contribution is 6.02. The van der Waals surface area contributed by atoms with E-state index in [4.69, 9.17) is 4.74 Å². The molecule has 0 fully saturated rings. The zero-order valence-electron chi connectivity index (χ0n) is 12.4. The smallest absolute Gasteiger partial charge is 0.246 e. The molecule has 0 aromatic heterocycles. The molecule has 1 atom stereocenters. The average Bonchev–Trinajstić information content (AvgIpc) is 2.76. The van der Waals surface area contributed by atoms with Gasteiger partial charge >= 0.3 is 0 Å². The van der Waals surface area contributed by atoms with E-state index >= 15 is 0 Å². The second kappa shape index (κ2) is 5.22. The Kier molecular flexibility index (Phi) is 3.39. The minimum atomic E-state index is -0.282. The van der Waals surface area contributed by atoms with Crippen LogP contribution in [-0.4, -0.2) is 13.0 Å². The molecular formula is C17H18N2O2. The van der Waals surface area contributed by atoms with Gasteiger partial charge in [-0.2, -0.15) is 0 Å². The minimum Gasteiger partial charge on any atom is -0.457 e. The first-order chi connectivity index (χ1) is 10.1. The molecule has 21 heavy (non-hydrogen) atoms. The number of likely N-dealkylation sites (N-methyl/N-ethyl adjacent to an activating group) is 1. The standard InChI is InChI=1S/C17H18N2O2/c1-10-4-7-15(11(2)8-10)21-12-5-6-13-14(9-12)19-17(20)16(13)18-3/h4-9,16,18H,1-3H3,(H,19,20). The van der Waals surface area contributed by atoms with Crippen LogP contribution in [0.5, 0.6) is 11.5 Å². The highest BCUT2D eigenvalue weighted by atomic mass is 16.5. The van der Waals surface area contributed by atoms with E-state index in [0.717, 1.165) is 28.3 Å². The zero-order valence-corrected chi connectivity index (χ0v) is 12.4. The topological polar surface area (TPSA) is 50.4 Å². The summed E-state index contributed by atoms with van der Waals surface area (Å²) in [7, 11) is 1.78. The number of anilines is 1. The molecule has 0 radical (unpaired) electrons. The van der Waals surface area contributed by atoms with Gasteiger partial charge in [0.1, 0.15) is 17.5 Å². The van der Waals surface area contributed by atoms with E-state index < -0.39 is 0 Å². The molecule has 1 aliphatic heterocycles. The molecule has 4 heteroatoms. The van der Waals surface area contributed by atoms with Crippen molar-refractivity contribution in [1.29, 1.82) is 0 Å². The van der Waals surface area contributed by atoms with Gasteiger partial charge < -0.3 is 15.4 Å². The van der Waals surface area contributed by atoms with E-state index in [1.165, 1.54) is 5.56 Å². The zero-order chi connectivity index (χ0) is 15.0. The van der Waals surface area contributed by atoms with Crippen LogP contribution in [0.4, 0.5) is 5.69 Å². The van der Waals surface area contributed by atoms with E-state index in [-0.39, 0.29) is 11.9 Å². The molecule has 2 N–H and O–H groups in total. The molecule has 4 nitrogen and oxygen atoms in total. The Morgan fingerprint density at radius 3 is 2.67 bits per heavy atom. The minimum absolute atomic E-state index is 0.0313. The van der Waals surface area contributed by atoms with Crippen molar-refractivity contribution in [1.82, 2.24) is 5.32 Å². The fourth-order valence-electron chi connectivity index (χ4n) is 2.63. The van der Waals surface area contributed by atoms with E-state index in [1.54, 1.807) is 7.05 Å². The van der Waals surface area contributed by atoms with Crippen molar-refractivity contribution >= 4 is 11.6 Å². The largest absolute Gasteiger partial charge is 0.457 e. The Hall–Kier alpha value is -2.33. The SMILES string of the molecule is CNC1C(=O)Nc2cc(Oc3ccc(C)cc3C)ccc21. The van der Waals surface area contributed by atoms with Crippen molar-refractivity contribution < 1.29 is 9.53 Å². The van der Waals surface area contributed by atoms with E-state index in [0.29, 0.717) is 0 Å². The van der Waals surface area contributed by atoms with Crippen LogP contribution in [0.2, 0.25) is 0 Å². The Morgan fingerprint density at radius 2 is 1.95 bits per heavy atom. The number of hydrogen-bond donors (Lipinski definition) is 2. The Balaban J connectivity index is 1.89. The van der Waals surface area contributed by atoms with Gasteiger partial charge in [-0.05, 0) is 38.6 Å². The monoisotopic (exact) mass is 282 g/mol. The fourth-order valence-corrected chi connectivity index (χ4v) is 2.63. The van der Waals surface area contributed by atoms with Crippen LogP contribution in [0.15, 0.2) is 36.4 Å². The molecular weight excluding hydrogens is 264 g/mol. The van der Waals surface area contributed by atoms with E-state index in [2.05, 4.69) is 23.6 Å². The molecule has 1 heterocycles. The fraction of sp³-hybridized carbons (Fsp3) is 0.235. The molecule has 3 rings (SSSR count). The number of fused-ring (bicyclic) bond motifs is 1. The normalized spacial score (nSPS) is 16.5. The molecule has 0 saturated carbocycles. The van der Waals surface area contributed by atoms with Gasteiger partial charge in [-0.3, -0.25) is 4.79 Å². The van der Waals surface area contributed by atoms with Gasteiger partial charge in [0.25, 0.3) is 0 Å². The molecule has 1 amide bonds. The van der Waals surface area contributed by atoms with Gasteiger partial charge in [0, 0.05) is 17.3 Å². The molecule has 1 unspecified atom stereocenters. The maximum Gasteiger partial charge on any atom is 0.246 e. The lowest BCUT2D eigenvalue weighted by Gasteiger charge is -2.11. The summed E-state index contributed by atoms with van der Waals surface area (Å²) < 4.78 is 5.92. The third-order valence-electron chi connectivity index (χ3n) is 3.70. The van der Waals surface area contributed by atoms with Gasteiger partial charge in [-0.25, -0.2) is 0 Å². The molecule has 0 spiro atoms. The van der Waals surface area contributed by atoms with Crippen LogP contribution in [0.3, 0.4) is 0 Å². The number of nitrogens with one attached hydrogen (secondary N) is 2. The second-order valence-corrected chi connectivity index (χ2v) is 5.33. The Morgan fingerprint density at radius 1 is 1.14 bits per heavy atom. The van der Waals surface area contributed by atoms with Crippen molar-refractivity contribution in [3.8, 4) is 11.5 Å². The first kappa shape index (κ1) is 13.6. The van der Waals surface area contributed by atoms with Crippen LogP contribution in [0.25, 0.3) is 0 Å². The highest BCUT2D eigenvalue weighted by Gasteiger charge is 2.29. The van der Waals surface area contributed by atoms with Gasteiger partial charge in [-0.1, -0.05) is 23.8 Å². The summed E-state index contributed by atoms with van der Waals surface area (Å²) in [5, 5.41) is 5.87. The van der Waals surface area contributed by atoms with E-state index in [1.807, 2.05) is 37.3 Å². The third-order valence-corrected chi connectivity index (χ3v) is 3.70. The number of aryl methyl sites for hydroxylation is 2. The maximum absolute atomic E-state index is 11.8. The second-order valence-electron chi connectivity index (χ2n) is 5.33. The molecule has 1 aliphatic rings. The lowest BCUT2D eigenvalue weighted by Crippen LogP contribution is -2.23. The molecule has 0 aliphatic carbocycles. The van der Waals surface area contributed by atoms with Crippen molar-refractivity contribution in [2.45, 2.75) is 19.9 Å². The summed E-state index contributed by atoms with van der Waals surface area (Å²) in [4.78, 5) is 11.8. The number of rotatable bonds is 3. The van der Waals surface area contributed by atoms with Crippen LogP contribution in [-0.2, 0) is 4.79 Å². The third kappa shape index (κ3) is 2.50. The first-order valence-electron chi connectivity index (χ1n) is 6.95. The van der Waals surface area contributed by atoms with Crippen LogP contribution in [0.1, 0.15) is 22.7 Å². The van der Waals surface area contributed by atoms with Gasteiger partial charge in [-0.15, -0.1) is 0 Å². The summed E-state index contributed by atoms with van der Waals surface area (Å²) in [6.45, 7) is 4.08. The van der Waals surface area contributed by atoms with Gasteiger partial charge in [0.15, 0.2) is 0 Å². The molecule has 2 aromatic carbocycles. The number of benzene rings is 2. The van der Waals surface area contributed by atoms with E-state index in [9.17, 15) is 4.79 Å². The lowest BCUT2D eigenvalue weighted by molar-refractivity contribution is -0.117. The average molecular weight is 282 g/mol. The number of amides is 1. The predicted octanol–water partition coefficient (Wildman–Crippen LogP) is 3.31. The quantitative estimate of drug-likeness (QED) is 0.908. The van der Waals surface area contributed by atoms with Crippen molar-refractivity contribution in [2.75, 3.05) is 12.4 Å². The molecule has 0 bridgehead atoms. The van der Waals surface area contributed by atoms with Gasteiger partial charge in [0.2, 0.25) is 5.91 Å². The number of ether oxygens (including phenoxy) is 1. The summed E-state index contributed by atoms with van der Waals surface area (Å²) in [6.07, 6.45) is 0. The Bertz CT molecular complexity index is 710. The highest BCUT2D eigenvalue weighted by Crippen LogP contribution is 2.35. The number of carbonyl (C=O) groups excluding carboxylic acids is 1. The number of carbonyl (C=O) groups is 1. The predicted molar refractivity (Wildman–Crippen MR) is 82.9 cm³/mol. The number of hydrogen-bond acceptors (Lipinski definition) is 3. The van der Waals surface area contributed by atoms with Crippen molar-refractivity contribution in [2.24, 2.45) is 0 Å². The Labute approximate surface area is 124 Å². The molecule has 2 aromatic rings. The summed E-state index contributed by atoms with van der Waals surface area (Å²) in [5.41, 5.74) is 4.06. The van der Waals surface area contributed by atoms with Crippen molar-refractivity contribution in [3.05, 3.63) is 53.1 Å². The summed E-state index contributed by atoms with van der Waals surface area (Å²) in [6, 6.07) is 11.5. The van der Waals surface area contributed by atoms with Crippen LogP contribution in [0, 0.1) is 13.8 Å². The summed E-state index contributed by atoms with van der Waals surface area (Å²) >= 11 is 0. The van der Waals surface area contributed by atoms with Crippen LogP contribution < -0.4 is 15.4 Å². The van der Waals surface area contributed by atoms with Crippen LogP contribution >= 0.6 is 0 Å².